The number of nitrogens with zero attached hydrogens (tertiary/aromatic N) is 2. The van der Waals surface area contributed by atoms with Gasteiger partial charge in [0.2, 0.25) is 5.95 Å². The van der Waals surface area contributed by atoms with Crippen LogP contribution in [0.1, 0.15) is 75.3 Å². The summed E-state index contributed by atoms with van der Waals surface area (Å²) in [4.78, 5) is 17.2. The monoisotopic (exact) mass is 449 g/mol. The van der Waals surface area contributed by atoms with E-state index >= 15 is 0 Å². The van der Waals surface area contributed by atoms with E-state index in [-0.39, 0.29) is 17.5 Å². The first-order chi connectivity index (χ1) is 15.7. The van der Waals surface area contributed by atoms with Gasteiger partial charge in [0.1, 0.15) is 5.75 Å². The molecule has 1 aliphatic rings. The number of methoxy groups -OCH3 is 1. The molecule has 1 aliphatic carbocycles. The van der Waals surface area contributed by atoms with Crippen molar-refractivity contribution in [1.29, 1.82) is 0 Å². The number of carbonyl (C=O) groups is 1. The molecule has 0 bridgehead atoms. The second kappa shape index (κ2) is 9.08. The van der Waals surface area contributed by atoms with Crippen LogP contribution in [0.25, 0.3) is 11.0 Å². The molecule has 2 aromatic carbocycles. The van der Waals surface area contributed by atoms with Gasteiger partial charge in [0.15, 0.2) is 0 Å². The minimum absolute atomic E-state index is 0.134. The molecule has 1 aromatic heterocycles. The summed E-state index contributed by atoms with van der Waals surface area (Å²) in [6.07, 6.45) is 4.77. The maximum Gasteiger partial charge on any atom is 0.338 e. The molecule has 4 rings (SSSR count). The van der Waals surface area contributed by atoms with Gasteiger partial charge >= 0.3 is 5.97 Å². The molecular formula is C27H35N3O3. The first-order valence-electron chi connectivity index (χ1n) is 11.8. The number of carbonyl (C=O) groups excluding carboxylic acids is 1. The predicted octanol–water partition coefficient (Wildman–Crippen LogP) is 6.80. The van der Waals surface area contributed by atoms with Crippen LogP contribution in [0.15, 0.2) is 36.4 Å². The smallest absolute Gasteiger partial charge is 0.338 e. The molecule has 1 N–H and O–H groups in total. The highest BCUT2D eigenvalue weighted by atomic mass is 16.5. The Balaban J connectivity index is 1.77. The van der Waals surface area contributed by atoms with E-state index in [2.05, 4.69) is 29.8 Å². The molecule has 0 radical (unpaired) electrons. The van der Waals surface area contributed by atoms with Crippen LogP contribution in [0.4, 0.5) is 11.6 Å². The molecule has 6 nitrogen and oxygen atoms in total. The van der Waals surface area contributed by atoms with Crippen molar-refractivity contribution in [1.82, 2.24) is 9.55 Å². The average molecular weight is 450 g/mol. The van der Waals surface area contributed by atoms with E-state index in [1.54, 1.807) is 0 Å². The summed E-state index contributed by atoms with van der Waals surface area (Å²) in [6, 6.07) is 12.2. The molecule has 176 valence electrons. The molecule has 0 aliphatic heterocycles. The SMILES string of the molecule is COC(=O)c1cc2nc(Nc3ccc(OC(C)C)cc3)n([C@@H]3CCCC(C)(C)C3)c2cc1C. The van der Waals surface area contributed by atoms with E-state index in [9.17, 15) is 4.79 Å². The molecule has 0 saturated heterocycles. The van der Waals surface area contributed by atoms with Gasteiger partial charge in [-0.2, -0.15) is 0 Å². The van der Waals surface area contributed by atoms with Gasteiger partial charge in [-0.15, -0.1) is 0 Å². The molecule has 3 aromatic rings. The normalized spacial score (nSPS) is 17.8. The molecule has 1 atom stereocenters. The lowest BCUT2D eigenvalue weighted by atomic mass is 9.75. The van der Waals surface area contributed by atoms with Gasteiger partial charge in [0.05, 0.1) is 29.8 Å². The zero-order chi connectivity index (χ0) is 23.8. The van der Waals surface area contributed by atoms with Crippen molar-refractivity contribution in [2.24, 2.45) is 5.41 Å². The highest BCUT2D eigenvalue weighted by Gasteiger charge is 2.31. The molecule has 1 heterocycles. The number of rotatable bonds is 6. The Morgan fingerprint density at radius 1 is 1.21 bits per heavy atom. The minimum Gasteiger partial charge on any atom is -0.491 e. The first-order valence-corrected chi connectivity index (χ1v) is 11.8. The lowest BCUT2D eigenvalue weighted by molar-refractivity contribution is 0.0600. The Labute approximate surface area is 196 Å². The fraction of sp³-hybridized carbons (Fsp3) is 0.481. The number of esters is 1. The fourth-order valence-electron chi connectivity index (χ4n) is 4.93. The van der Waals surface area contributed by atoms with Crippen molar-refractivity contribution >= 4 is 28.6 Å². The standard InChI is InChI=1S/C27H35N3O3/c1-17(2)33-21-11-9-19(10-12-21)28-26-29-23-15-22(25(31)32-6)18(3)14-24(23)30(26)20-8-7-13-27(4,5)16-20/h9-12,14-15,17,20H,7-8,13,16H2,1-6H3,(H,28,29)/t20-/m1/s1. The maximum absolute atomic E-state index is 12.3. The molecular weight excluding hydrogens is 414 g/mol. The van der Waals surface area contributed by atoms with Gasteiger partial charge in [-0.05, 0) is 87.4 Å². The van der Waals surface area contributed by atoms with E-state index in [1.165, 1.54) is 20.0 Å². The van der Waals surface area contributed by atoms with E-state index in [0.717, 1.165) is 46.8 Å². The molecule has 1 fully saturated rings. The summed E-state index contributed by atoms with van der Waals surface area (Å²) >= 11 is 0. The minimum atomic E-state index is -0.335. The van der Waals surface area contributed by atoms with Crippen LogP contribution in [0, 0.1) is 12.3 Å². The van der Waals surface area contributed by atoms with Gasteiger partial charge in [0.25, 0.3) is 0 Å². The van der Waals surface area contributed by atoms with Crippen LogP contribution in [0.5, 0.6) is 5.75 Å². The highest BCUT2D eigenvalue weighted by molar-refractivity contribution is 5.96. The summed E-state index contributed by atoms with van der Waals surface area (Å²) in [6.45, 7) is 10.7. The van der Waals surface area contributed by atoms with Gasteiger partial charge in [-0.1, -0.05) is 20.3 Å². The summed E-state index contributed by atoms with van der Waals surface area (Å²) in [5.41, 5.74) is 4.53. The van der Waals surface area contributed by atoms with Crippen molar-refractivity contribution < 1.29 is 14.3 Å². The lowest BCUT2D eigenvalue weighted by Gasteiger charge is -2.36. The van der Waals surface area contributed by atoms with E-state index in [1.807, 2.05) is 51.1 Å². The quantitative estimate of drug-likeness (QED) is 0.419. The molecule has 0 amide bonds. The van der Waals surface area contributed by atoms with Crippen LogP contribution in [0.3, 0.4) is 0 Å². The van der Waals surface area contributed by atoms with E-state index in [0.29, 0.717) is 11.6 Å². The number of ether oxygens (including phenoxy) is 2. The zero-order valence-corrected chi connectivity index (χ0v) is 20.6. The number of imidazole rings is 1. The van der Waals surface area contributed by atoms with Crippen LogP contribution < -0.4 is 10.1 Å². The maximum atomic E-state index is 12.3. The Morgan fingerprint density at radius 2 is 1.94 bits per heavy atom. The Kier molecular flexibility index (Phi) is 6.37. The number of aromatic nitrogens is 2. The second-order valence-corrected chi connectivity index (χ2v) is 10.2. The zero-order valence-electron chi connectivity index (χ0n) is 20.6. The van der Waals surface area contributed by atoms with Crippen LogP contribution >= 0.6 is 0 Å². The molecule has 0 spiro atoms. The second-order valence-electron chi connectivity index (χ2n) is 10.2. The largest absolute Gasteiger partial charge is 0.491 e. The number of nitrogens with one attached hydrogen (secondary N) is 1. The Hall–Kier alpha value is -3.02. The number of hydrogen-bond acceptors (Lipinski definition) is 5. The number of aryl methyl sites for hydroxylation is 1. The Bertz CT molecular complexity index is 1150. The van der Waals surface area contributed by atoms with Crippen molar-refractivity contribution in [3.8, 4) is 5.75 Å². The van der Waals surface area contributed by atoms with Crippen LogP contribution in [-0.2, 0) is 4.74 Å². The number of hydrogen-bond donors (Lipinski definition) is 1. The van der Waals surface area contributed by atoms with Crippen LogP contribution in [-0.4, -0.2) is 28.7 Å². The van der Waals surface area contributed by atoms with Gasteiger partial charge < -0.3 is 19.4 Å². The first kappa shape index (κ1) is 23.1. The lowest BCUT2D eigenvalue weighted by Crippen LogP contribution is -2.25. The fourth-order valence-corrected chi connectivity index (χ4v) is 4.93. The number of anilines is 2. The summed E-state index contributed by atoms with van der Waals surface area (Å²) in [7, 11) is 1.41. The van der Waals surface area contributed by atoms with E-state index < -0.39 is 0 Å². The highest BCUT2D eigenvalue weighted by Crippen LogP contribution is 2.44. The molecule has 1 saturated carbocycles. The number of fused-ring (bicyclic) bond motifs is 1. The van der Waals surface area contributed by atoms with E-state index in [4.69, 9.17) is 14.5 Å². The van der Waals surface area contributed by atoms with Gasteiger partial charge in [0, 0.05) is 11.7 Å². The summed E-state index contributed by atoms with van der Waals surface area (Å²) in [5, 5.41) is 3.53. The van der Waals surface area contributed by atoms with Crippen molar-refractivity contribution in [2.45, 2.75) is 72.4 Å². The predicted molar refractivity (Wildman–Crippen MR) is 133 cm³/mol. The van der Waals surface area contributed by atoms with Crippen molar-refractivity contribution in [3.05, 3.63) is 47.5 Å². The molecule has 33 heavy (non-hydrogen) atoms. The average Bonchev–Trinajstić information content (AvgIpc) is 3.09. The third-order valence-electron chi connectivity index (χ3n) is 6.47. The molecule has 0 unspecified atom stereocenters. The van der Waals surface area contributed by atoms with Crippen molar-refractivity contribution in [2.75, 3.05) is 12.4 Å². The van der Waals surface area contributed by atoms with Gasteiger partial charge in [-0.3, -0.25) is 0 Å². The third kappa shape index (κ3) is 5.00. The third-order valence-corrected chi connectivity index (χ3v) is 6.47. The topological polar surface area (TPSA) is 65.4 Å². The summed E-state index contributed by atoms with van der Waals surface area (Å²) in [5.74, 6) is 1.31. The Morgan fingerprint density at radius 3 is 2.58 bits per heavy atom. The van der Waals surface area contributed by atoms with Gasteiger partial charge in [-0.25, -0.2) is 9.78 Å². The van der Waals surface area contributed by atoms with Crippen LogP contribution in [0.2, 0.25) is 0 Å². The number of benzene rings is 2. The van der Waals surface area contributed by atoms with Crippen molar-refractivity contribution in [3.63, 3.8) is 0 Å². The summed E-state index contributed by atoms with van der Waals surface area (Å²) < 4.78 is 13.1. The molecule has 6 heteroatoms.